The first-order valence-corrected chi connectivity index (χ1v) is 6.40. The Labute approximate surface area is 105 Å². The Balaban J connectivity index is 2.88. The van der Waals surface area contributed by atoms with E-state index in [0.717, 1.165) is 19.3 Å². The topological polar surface area (TPSA) is 24.7 Å². The first-order chi connectivity index (χ1) is 7.95. The summed E-state index contributed by atoms with van der Waals surface area (Å²) in [4.78, 5) is 8.83. The maximum absolute atomic E-state index is 4.60. The van der Waals surface area contributed by atoms with Crippen molar-refractivity contribution < 1.29 is 0 Å². The molecule has 2 nitrogen and oxygen atoms in total. The van der Waals surface area contributed by atoms with E-state index in [0.29, 0.717) is 0 Å². The fraction of sp³-hybridized carbons (Fsp3) is 0.600. The van der Waals surface area contributed by atoms with Crippen LogP contribution in [0.25, 0.3) is 0 Å². The van der Waals surface area contributed by atoms with Gasteiger partial charge in [-0.05, 0) is 42.7 Å². The minimum absolute atomic E-state index is 0.147. The number of hydrogen-bond acceptors (Lipinski definition) is 2. The highest BCUT2D eigenvalue weighted by molar-refractivity contribution is 5.87. The van der Waals surface area contributed by atoms with Gasteiger partial charge in [0, 0.05) is 24.3 Å². The fourth-order valence-corrected chi connectivity index (χ4v) is 1.51. The Kier molecular flexibility index (Phi) is 4.86. The zero-order chi connectivity index (χ0) is 12.9. The molecule has 17 heavy (non-hydrogen) atoms. The maximum atomic E-state index is 4.60. The number of rotatable bonds is 3. The van der Waals surface area contributed by atoms with Gasteiger partial charge in [0.05, 0.1) is 0 Å². The monoisotopic (exact) mass is 232 g/mol. The van der Waals surface area contributed by atoms with Gasteiger partial charge in [-0.25, -0.2) is 0 Å². The zero-order valence-electron chi connectivity index (χ0n) is 11.7. The highest BCUT2D eigenvalue weighted by Crippen LogP contribution is 2.22. The molecule has 0 aromatic rings. The summed E-state index contributed by atoms with van der Waals surface area (Å²) in [5, 5.41) is 0. The standard InChI is InChI=1S/C15H24N2/c1-6-13(14-8-7-9-16-10-14)11-17-12(2)15(3,4)5/h9-11H,6-8H2,1-5H3/b13-11+,17-12+. The van der Waals surface area contributed by atoms with Crippen molar-refractivity contribution in [2.24, 2.45) is 15.4 Å². The Hall–Kier alpha value is -1.18. The summed E-state index contributed by atoms with van der Waals surface area (Å²) in [6.07, 6.45) is 9.12. The van der Waals surface area contributed by atoms with Crippen molar-refractivity contribution in [2.75, 3.05) is 0 Å². The Morgan fingerprint density at radius 3 is 2.65 bits per heavy atom. The molecule has 0 fully saturated rings. The number of allylic oxidation sites excluding steroid dienone is 2. The third kappa shape index (κ3) is 4.29. The molecular weight excluding hydrogens is 208 g/mol. The first-order valence-electron chi connectivity index (χ1n) is 6.40. The van der Waals surface area contributed by atoms with Crippen LogP contribution in [0.15, 0.2) is 33.5 Å². The van der Waals surface area contributed by atoms with Gasteiger partial charge in [0.2, 0.25) is 0 Å². The normalized spacial score (nSPS) is 18.3. The summed E-state index contributed by atoms with van der Waals surface area (Å²) in [5.41, 5.74) is 3.96. The molecule has 0 bridgehead atoms. The minimum Gasteiger partial charge on any atom is -0.269 e. The van der Waals surface area contributed by atoms with E-state index in [1.54, 1.807) is 0 Å². The van der Waals surface area contributed by atoms with Gasteiger partial charge in [-0.2, -0.15) is 0 Å². The van der Waals surface area contributed by atoms with Gasteiger partial charge >= 0.3 is 0 Å². The van der Waals surface area contributed by atoms with Crippen molar-refractivity contribution in [3.8, 4) is 0 Å². The molecule has 1 aliphatic heterocycles. The summed E-state index contributed by atoms with van der Waals surface area (Å²) < 4.78 is 0. The van der Waals surface area contributed by atoms with E-state index in [1.165, 1.54) is 16.9 Å². The maximum Gasteiger partial charge on any atom is 0.0302 e. The van der Waals surface area contributed by atoms with Crippen LogP contribution in [0.1, 0.15) is 53.9 Å². The molecular formula is C15H24N2. The van der Waals surface area contributed by atoms with Crippen LogP contribution in [-0.2, 0) is 0 Å². The number of hydrogen-bond donors (Lipinski definition) is 0. The van der Waals surface area contributed by atoms with Crippen molar-refractivity contribution >= 4 is 11.9 Å². The molecule has 0 N–H and O–H groups in total. The van der Waals surface area contributed by atoms with Crippen molar-refractivity contribution in [3.63, 3.8) is 0 Å². The van der Waals surface area contributed by atoms with Crippen molar-refractivity contribution in [1.29, 1.82) is 0 Å². The lowest BCUT2D eigenvalue weighted by molar-refractivity contribution is 0.588. The van der Waals surface area contributed by atoms with Crippen molar-refractivity contribution in [1.82, 2.24) is 0 Å². The van der Waals surface area contributed by atoms with E-state index in [-0.39, 0.29) is 5.41 Å². The average Bonchev–Trinajstić information content (AvgIpc) is 2.29. The van der Waals surface area contributed by atoms with Gasteiger partial charge in [0.1, 0.15) is 0 Å². The van der Waals surface area contributed by atoms with Crippen LogP contribution in [0.3, 0.4) is 0 Å². The predicted molar refractivity (Wildman–Crippen MR) is 76.7 cm³/mol. The minimum atomic E-state index is 0.147. The SMILES string of the molecule is CC/C(=C\N=C(/C)C(C)(C)C)C1=CN=CCC1. The molecule has 1 rings (SSSR count). The summed E-state index contributed by atoms with van der Waals surface area (Å²) in [5.74, 6) is 0. The highest BCUT2D eigenvalue weighted by Gasteiger charge is 2.13. The second kappa shape index (κ2) is 5.95. The molecule has 0 aromatic carbocycles. The first kappa shape index (κ1) is 13.9. The molecule has 0 aliphatic carbocycles. The molecule has 0 unspecified atom stereocenters. The van der Waals surface area contributed by atoms with Crippen LogP contribution in [0.4, 0.5) is 0 Å². The fourth-order valence-electron chi connectivity index (χ4n) is 1.51. The summed E-state index contributed by atoms with van der Waals surface area (Å²) in [6, 6.07) is 0. The lowest BCUT2D eigenvalue weighted by Gasteiger charge is -2.17. The zero-order valence-corrected chi connectivity index (χ0v) is 11.7. The largest absolute Gasteiger partial charge is 0.269 e. The number of aliphatic imine (C=N–C) groups is 2. The molecule has 1 heterocycles. The second-order valence-electron chi connectivity index (χ2n) is 5.50. The van der Waals surface area contributed by atoms with Gasteiger partial charge in [0.25, 0.3) is 0 Å². The van der Waals surface area contributed by atoms with Gasteiger partial charge in [-0.1, -0.05) is 27.7 Å². The quantitative estimate of drug-likeness (QED) is 0.638. The van der Waals surface area contributed by atoms with E-state index in [2.05, 4.69) is 44.6 Å². The van der Waals surface area contributed by atoms with Crippen molar-refractivity contribution in [3.05, 3.63) is 23.5 Å². The molecule has 2 heteroatoms. The van der Waals surface area contributed by atoms with Crippen LogP contribution < -0.4 is 0 Å². The van der Waals surface area contributed by atoms with E-state index < -0.39 is 0 Å². The Bertz CT molecular complexity index is 376. The summed E-state index contributed by atoms with van der Waals surface area (Å²) >= 11 is 0. The third-order valence-corrected chi connectivity index (χ3v) is 3.17. The lowest BCUT2D eigenvalue weighted by Crippen LogP contribution is -2.16. The Morgan fingerprint density at radius 2 is 2.18 bits per heavy atom. The summed E-state index contributed by atoms with van der Waals surface area (Å²) in [7, 11) is 0. The average molecular weight is 232 g/mol. The molecule has 0 aromatic heterocycles. The van der Waals surface area contributed by atoms with E-state index in [4.69, 9.17) is 0 Å². The molecule has 94 valence electrons. The molecule has 0 amide bonds. The van der Waals surface area contributed by atoms with E-state index >= 15 is 0 Å². The smallest absolute Gasteiger partial charge is 0.0302 e. The molecule has 0 saturated heterocycles. The van der Waals surface area contributed by atoms with Crippen LogP contribution in [0.2, 0.25) is 0 Å². The second-order valence-corrected chi connectivity index (χ2v) is 5.50. The third-order valence-electron chi connectivity index (χ3n) is 3.17. The van der Waals surface area contributed by atoms with Crippen LogP contribution in [0, 0.1) is 5.41 Å². The molecule has 0 atom stereocenters. The van der Waals surface area contributed by atoms with Crippen LogP contribution in [-0.4, -0.2) is 11.9 Å². The lowest BCUT2D eigenvalue weighted by atomic mass is 9.91. The van der Waals surface area contributed by atoms with Crippen molar-refractivity contribution in [2.45, 2.75) is 53.9 Å². The van der Waals surface area contributed by atoms with E-state index in [9.17, 15) is 0 Å². The Morgan fingerprint density at radius 1 is 1.47 bits per heavy atom. The van der Waals surface area contributed by atoms with Gasteiger partial charge in [-0.3, -0.25) is 9.98 Å². The van der Waals surface area contributed by atoms with Gasteiger partial charge in [-0.15, -0.1) is 0 Å². The van der Waals surface area contributed by atoms with Crippen LogP contribution in [0.5, 0.6) is 0 Å². The van der Waals surface area contributed by atoms with Gasteiger partial charge in [0.15, 0.2) is 0 Å². The summed E-state index contributed by atoms with van der Waals surface area (Å²) in [6.45, 7) is 10.8. The van der Waals surface area contributed by atoms with Crippen LogP contribution >= 0.6 is 0 Å². The van der Waals surface area contributed by atoms with E-state index in [1.807, 2.05) is 18.6 Å². The predicted octanol–water partition coefficient (Wildman–Crippen LogP) is 4.54. The molecule has 0 radical (unpaired) electrons. The van der Waals surface area contributed by atoms with Gasteiger partial charge < -0.3 is 0 Å². The molecule has 0 spiro atoms. The highest BCUT2D eigenvalue weighted by atomic mass is 14.7. The molecule has 1 aliphatic rings. The molecule has 0 saturated carbocycles. The number of nitrogens with zero attached hydrogens (tertiary/aromatic N) is 2.